The van der Waals surface area contributed by atoms with Crippen LogP contribution in [0, 0.1) is 11.6 Å². The highest BCUT2D eigenvalue weighted by atomic mass is 19.1. The molecule has 2 N–H and O–H groups in total. The van der Waals surface area contributed by atoms with Gasteiger partial charge >= 0.3 is 0 Å². The van der Waals surface area contributed by atoms with Crippen LogP contribution in [0.1, 0.15) is 17.2 Å². The van der Waals surface area contributed by atoms with Crippen molar-refractivity contribution < 1.29 is 8.78 Å². The van der Waals surface area contributed by atoms with Gasteiger partial charge in [-0.25, -0.2) is 8.78 Å². The molecule has 0 fully saturated rings. The Morgan fingerprint density at radius 3 is 2.12 bits per heavy atom. The molecular weight excluding hydrogens is 208 g/mol. The van der Waals surface area contributed by atoms with Crippen LogP contribution in [0.2, 0.25) is 0 Å². The number of hydrogen-bond acceptors (Lipinski definition) is 1. The molecule has 0 aliphatic heterocycles. The minimum atomic E-state index is -0.568. The van der Waals surface area contributed by atoms with E-state index in [0.717, 1.165) is 0 Å². The summed E-state index contributed by atoms with van der Waals surface area (Å²) in [5.41, 5.74) is 7.00. The van der Waals surface area contributed by atoms with E-state index in [1.807, 2.05) is 0 Å². The normalized spacial score (nSPS) is 12.4. The summed E-state index contributed by atoms with van der Waals surface area (Å²) in [6.07, 6.45) is 0. The van der Waals surface area contributed by atoms with Crippen molar-refractivity contribution in [2.24, 2.45) is 5.73 Å². The lowest BCUT2D eigenvalue weighted by Gasteiger charge is -2.13. The Bertz CT molecular complexity index is 480. The van der Waals surface area contributed by atoms with E-state index in [0.29, 0.717) is 11.1 Å². The number of nitrogens with two attached hydrogens (primary N) is 1. The summed E-state index contributed by atoms with van der Waals surface area (Å²) < 4.78 is 26.2. The molecular formula is C13H11F2N. The van der Waals surface area contributed by atoms with Gasteiger partial charge in [0.15, 0.2) is 0 Å². The van der Waals surface area contributed by atoms with Gasteiger partial charge in [0.1, 0.15) is 11.6 Å². The van der Waals surface area contributed by atoms with E-state index in [4.69, 9.17) is 5.73 Å². The molecule has 1 atom stereocenters. The Hall–Kier alpha value is -1.74. The SMILES string of the molecule is NC(c1ccc(F)cc1)c1ccccc1F. The molecule has 82 valence electrons. The van der Waals surface area contributed by atoms with Crippen molar-refractivity contribution in [3.63, 3.8) is 0 Å². The smallest absolute Gasteiger partial charge is 0.128 e. The van der Waals surface area contributed by atoms with Crippen LogP contribution in [0.5, 0.6) is 0 Å². The molecule has 0 amide bonds. The molecule has 1 unspecified atom stereocenters. The largest absolute Gasteiger partial charge is 0.320 e. The predicted molar refractivity (Wildman–Crippen MR) is 58.8 cm³/mol. The Morgan fingerprint density at radius 2 is 1.50 bits per heavy atom. The second kappa shape index (κ2) is 4.41. The molecule has 0 saturated carbocycles. The molecule has 0 aromatic heterocycles. The highest BCUT2D eigenvalue weighted by molar-refractivity contribution is 5.32. The maximum atomic E-state index is 13.5. The van der Waals surface area contributed by atoms with Crippen molar-refractivity contribution >= 4 is 0 Å². The van der Waals surface area contributed by atoms with Gasteiger partial charge in [0.05, 0.1) is 6.04 Å². The lowest BCUT2D eigenvalue weighted by molar-refractivity contribution is 0.598. The fourth-order valence-corrected chi connectivity index (χ4v) is 1.58. The topological polar surface area (TPSA) is 26.0 Å². The van der Waals surface area contributed by atoms with Gasteiger partial charge in [0.25, 0.3) is 0 Å². The standard InChI is InChI=1S/C13H11F2N/c14-10-7-5-9(6-8-10)13(16)11-3-1-2-4-12(11)15/h1-8,13H,16H2. The van der Waals surface area contributed by atoms with Crippen LogP contribution in [0.4, 0.5) is 8.78 Å². The van der Waals surface area contributed by atoms with E-state index >= 15 is 0 Å². The average Bonchev–Trinajstić information content (AvgIpc) is 2.30. The van der Waals surface area contributed by atoms with Crippen LogP contribution >= 0.6 is 0 Å². The van der Waals surface area contributed by atoms with Crippen molar-refractivity contribution in [1.82, 2.24) is 0 Å². The molecule has 2 aromatic rings. The van der Waals surface area contributed by atoms with Crippen molar-refractivity contribution in [3.8, 4) is 0 Å². The number of halogens is 2. The Labute approximate surface area is 92.5 Å². The van der Waals surface area contributed by atoms with Gasteiger partial charge in [-0.1, -0.05) is 30.3 Å². The zero-order valence-corrected chi connectivity index (χ0v) is 8.53. The van der Waals surface area contributed by atoms with E-state index in [9.17, 15) is 8.78 Å². The molecule has 0 saturated heterocycles. The lowest BCUT2D eigenvalue weighted by Crippen LogP contribution is -2.13. The van der Waals surface area contributed by atoms with Gasteiger partial charge in [-0.3, -0.25) is 0 Å². The van der Waals surface area contributed by atoms with Crippen LogP contribution < -0.4 is 5.73 Å². The van der Waals surface area contributed by atoms with Gasteiger partial charge < -0.3 is 5.73 Å². The Balaban J connectivity index is 2.35. The molecule has 2 aromatic carbocycles. The lowest BCUT2D eigenvalue weighted by atomic mass is 9.99. The molecule has 16 heavy (non-hydrogen) atoms. The first-order valence-electron chi connectivity index (χ1n) is 4.94. The van der Waals surface area contributed by atoms with Gasteiger partial charge in [-0.15, -0.1) is 0 Å². The van der Waals surface area contributed by atoms with Gasteiger partial charge in [0.2, 0.25) is 0 Å². The zero-order valence-electron chi connectivity index (χ0n) is 8.53. The first kappa shape index (κ1) is 10.8. The first-order chi connectivity index (χ1) is 7.68. The molecule has 0 bridgehead atoms. The molecule has 3 heteroatoms. The summed E-state index contributed by atoms with van der Waals surface area (Å²) in [5.74, 6) is -0.677. The third-order valence-electron chi connectivity index (χ3n) is 2.47. The highest BCUT2D eigenvalue weighted by Crippen LogP contribution is 2.21. The van der Waals surface area contributed by atoms with Gasteiger partial charge in [0, 0.05) is 5.56 Å². The Kier molecular flexibility index (Phi) is 2.97. The molecule has 0 spiro atoms. The third kappa shape index (κ3) is 2.09. The molecule has 0 aliphatic carbocycles. The van der Waals surface area contributed by atoms with Crippen LogP contribution in [0.3, 0.4) is 0 Å². The fraction of sp³-hybridized carbons (Fsp3) is 0.0769. The van der Waals surface area contributed by atoms with E-state index in [1.54, 1.807) is 30.3 Å². The number of hydrogen-bond donors (Lipinski definition) is 1. The van der Waals surface area contributed by atoms with Crippen LogP contribution in [0.15, 0.2) is 48.5 Å². The number of benzene rings is 2. The highest BCUT2D eigenvalue weighted by Gasteiger charge is 2.12. The summed E-state index contributed by atoms with van der Waals surface area (Å²) in [5, 5.41) is 0. The van der Waals surface area contributed by atoms with E-state index < -0.39 is 6.04 Å². The van der Waals surface area contributed by atoms with Crippen LogP contribution in [-0.2, 0) is 0 Å². The van der Waals surface area contributed by atoms with Crippen molar-refractivity contribution in [2.45, 2.75) is 6.04 Å². The molecule has 0 radical (unpaired) electrons. The second-order valence-corrected chi connectivity index (χ2v) is 3.55. The van der Waals surface area contributed by atoms with E-state index in [-0.39, 0.29) is 11.6 Å². The van der Waals surface area contributed by atoms with Crippen LogP contribution in [0.25, 0.3) is 0 Å². The maximum absolute atomic E-state index is 13.5. The minimum absolute atomic E-state index is 0.329. The number of rotatable bonds is 2. The average molecular weight is 219 g/mol. The summed E-state index contributed by atoms with van der Waals surface area (Å²) >= 11 is 0. The summed E-state index contributed by atoms with van der Waals surface area (Å²) in [6, 6.07) is 11.5. The zero-order chi connectivity index (χ0) is 11.5. The quantitative estimate of drug-likeness (QED) is 0.825. The van der Waals surface area contributed by atoms with E-state index in [1.165, 1.54) is 18.2 Å². The van der Waals surface area contributed by atoms with Crippen LogP contribution in [-0.4, -0.2) is 0 Å². The van der Waals surface area contributed by atoms with Crippen molar-refractivity contribution in [1.29, 1.82) is 0 Å². The monoisotopic (exact) mass is 219 g/mol. The molecule has 1 nitrogen and oxygen atoms in total. The predicted octanol–water partition coefficient (Wildman–Crippen LogP) is 3.01. The summed E-state index contributed by atoms with van der Waals surface area (Å²) in [6.45, 7) is 0. The summed E-state index contributed by atoms with van der Waals surface area (Å²) in [7, 11) is 0. The third-order valence-corrected chi connectivity index (χ3v) is 2.47. The molecule has 0 heterocycles. The molecule has 2 rings (SSSR count). The van der Waals surface area contributed by atoms with Gasteiger partial charge in [-0.2, -0.15) is 0 Å². The summed E-state index contributed by atoms with van der Waals surface area (Å²) in [4.78, 5) is 0. The second-order valence-electron chi connectivity index (χ2n) is 3.55. The first-order valence-corrected chi connectivity index (χ1v) is 4.94. The minimum Gasteiger partial charge on any atom is -0.320 e. The van der Waals surface area contributed by atoms with E-state index in [2.05, 4.69) is 0 Å². The fourth-order valence-electron chi connectivity index (χ4n) is 1.58. The van der Waals surface area contributed by atoms with Crippen molar-refractivity contribution in [2.75, 3.05) is 0 Å². The maximum Gasteiger partial charge on any atom is 0.128 e. The van der Waals surface area contributed by atoms with Crippen molar-refractivity contribution in [3.05, 3.63) is 71.3 Å². The van der Waals surface area contributed by atoms with Gasteiger partial charge in [-0.05, 0) is 23.8 Å². The Morgan fingerprint density at radius 1 is 0.875 bits per heavy atom. The molecule has 0 aliphatic rings.